The molecule has 0 radical (unpaired) electrons. The molecule has 0 saturated carbocycles. The second-order valence-electron chi connectivity index (χ2n) is 4.12. The molecule has 1 saturated heterocycles. The van der Waals surface area contributed by atoms with Crippen molar-refractivity contribution in [3.05, 3.63) is 22.3 Å². The maximum Gasteiger partial charge on any atom is 0.217 e. The van der Waals surface area contributed by atoms with Gasteiger partial charge in [-0.15, -0.1) is 0 Å². The van der Waals surface area contributed by atoms with Gasteiger partial charge in [0.1, 0.15) is 6.61 Å². The Kier molecular flexibility index (Phi) is 4.76. The predicted octanol–water partition coefficient (Wildman–Crippen LogP) is 2.25. The fraction of sp³-hybridized carbons (Fsp3) is 0.583. The third kappa shape index (κ3) is 3.66. The molecule has 0 aliphatic carbocycles. The van der Waals surface area contributed by atoms with Crippen LogP contribution in [-0.4, -0.2) is 24.3 Å². The summed E-state index contributed by atoms with van der Waals surface area (Å²) in [5.41, 5.74) is 6.57. The zero-order valence-electron chi connectivity index (χ0n) is 9.69. The Hall–Kier alpha value is -0.650. The van der Waals surface area contributed by atoms with Gasteiger partial charge in [-0.2, -0.15) is 0 Å². The van der Waals surface area contributed by atoms with Gasteiger partial charge in [0.2, 0.25) is 5.88 Å². The maximum absolute atomic E-state index is 5.69. The molecule has 1 aromatic rings. The van der Waals surface area contributed by atoms with Crippen LogP contribution in [0, 0.1) is 0 Å². The molecule has 4 nitrogen and oxygen atoms in total. The SMILES string of the molecule is NCc1cc(Br)cnc1OCC1CCCCO1. The number of pyridine rings is 1. The van der Waals surface area contributed by atoms with E-state index in [0.717, 1.165) is 29.5 Å². The fourth-order valence-electron chi connectivity index (χ4n) is 1.86. The summed E-state index contributed by atoms with van der Waals surface area (Å²) in [6.07, 6.45) is 5.34. The molecule has 2 rings (SSSR count). The number of ether oxygens (including phenoxy) is 2. The Morgan fingerprint density at radius 2 is 2.41 bits per heavy atom. The summed E-state index contributed by atoms with van der Waals surface area (Å²) >= 11 is 3.37. The van der Waals surface area contributed by atoms with Crippen molar-refractivity contribution in [2.24, 2.45) is 5.73 Å². The molecule has 1 atom stereocenters. The Morgan fingerprint density at radius 3 is 3.12 bits per heavy atom. The Bertz CT molecular complexity index is 368. The van der Waals surface area contributed by atoms with Gasteiger partial charge < -0.3 is 15.2 Å². The maximum atomic E-state index is 5.69. The Balaban J connectivity index is 1.93. The summed E-state index contributed by atoms with van der Waals surface area (Å²) in [6.45, 7) is 1.82. The number of hydrogen-bond donors (Lipinski definition) is 1. The normalized spacial score (nSPS) is 20.2. The van der Waals surface area contributed by atoms with Crippen molar-refractivity contribution in [2.75, 3.05) is 13.2 Å². The highest BCUT2D eigenvalue weighted by Crippen LogP contribution is 2.21. The van der Waals surface area contributed by atoms with E-state index in [9.17, 15) is 0 Å². The summed E-state index contributed by atoms with van der Waals surface area (Å²) in [4.78, 5) is 4.23. The smallest absolute Gasteiger partial charge is 0.217 e. The Labute approximate surface area is 110 Å². The molecule has 0 aromatic carbocycles. The minimum atomic E-state index is 0.194. The molecule has 2 N–H and O–H groups in total. The van der Waals surface area contributed by atoms with Gasteiger partial charge in [0, 0.05) is 29.4 Å². The lowest BCUT2D eigenvalue weighted by Crippen LogP contribution is -2.26. The summed E-state index contributed by atoms with van der Waals surface area (Å²) in [5.74, 6) is 0.616. The highest BCUT2D eigenvalue weighted by atomic mass is 79.9. The van der Waals surface area contributed by atoms with E-state index in [0.29, 0.717) is 19.0 Å². The minimum Gasteiger partial charge on any atom is -0.475 e. The highest BCUT2D eigenvalue weighted by Gasteiger charge is 2.15. The summed E-state index contributed by atoms with van der Waals surface area (Å²) < 4.78 is 12.2. The van der Waals surface area contributed by atoms with Gasteiger partial charge in [-0.05, 0) is 41.3 Å². The number of nitrogens with two attached hydrogens (primary N) is 1. The number of halogens is 1. The molecule has 1 aliphatic heterocycles. The molecule has 2 heterocycles. The van der Waals surface area contributed by atoms with Crippen LogP contribution in [0.3, 0.4) is 0 Å². The van der Waals surface area contributed by atoms with E-state index in [-0.39, 0.29) is 6.10 Å². The average molecular weight is 301 g/mol. The molecule has 5 heteroatoms. The standard InChI is InChI=1S/C12H17BrN2O2/c13-10-5-9(6-14)12(15-7-10)17-8-11-3-1-2-4-16-11/h5,7,11H,1-4,6,8,14H2. The van der Waals surface area contributed by atoms with Crippen molar-refractivity contribution in [2.45, 2.75) is 31.9 Å². The average Bonchev–Trinajstić information content (AvgIpc) is 2.38. The molecule has 1 aromatic heterocycles. The van der Waals surface area contributed by atoms with Gasteiger partial charge in [-0.3, -0.25) is 0 Å². The van der Waals surface area contributed by atoms with Crippen LogP contribution >= 0.6 is 15.9 Å². The topological polar surface area (TPSA) is 57.4 Å². The molecule has 17 heavy (non-hydrogen) atoms. The van der Waals surface area contributed by atoms with E-state index in [4.69, 9.17) is 15.2 Å². The predicted molar refractivity (Wildman–Crippen MR) is 68.9 cm³/mol. The van der Waals surface area contributed by atoms with Gasteiger partial charge in [0.15, 0.2) is 0 Å². The first-order valence-electron chi connectivity index (χ1n) is 5.88. The van der Waals surface area contributed by atoms with Crippen LogP contribution < -0.4 is 10.5 Å². The first-order chi connectivity index (χ1) is 8.29. The second-order valence-corrected chi connectivity index (χ2v) is 5.04. The zero-order chi connectivity index (χ0) is 12.1. The fourth-order valence-corrected chi connectivity index (χ4v) is 2.23. The summed E-state index contributed by atoms with van der Waals surface area (Å²) in [6, 6.07) is 1.93. The molecule has 94 valence electrons. The van der Waals surface area contributed by atoms with Gasteiger partial charge in [0.25, 0.3) is 0 Å². The van der Waals surface area contributed by atoms with Crippen molar-refractivity contribution < 1.29 is 9.47 Å². The van der Waals surface area contributed by atoms with Gasteiger partial charge in [-0.25, -0.2) is 4.98 Å². The van der Waals surface area contributed by atoms with Crippen LogP contribution in [0.2, 0.25) is 0 Å². The van der Waals surface area contributed by atoms with E-state index >= 15 is 0 Å². The van der Waals surface area contributed by atoms with Crippen LogP contribution in [0.1, 0.15) is 24.8 Å². The van der Waals surface area contributed by atoms with Gasteiger partial charge in [0.05, 0.1) is 6.10 Å². The minimum absolute atomic E-state index is 0.194. The number of nitrogens with zero attached hydrogens (tertiary/aromatic N) is 1. The molecular weight excluding hydrogens is 284 g/mol. The molecule has 0 amide bonds. The molecule has 0 spiro atoms. The third-order valence-corrected chi connectivity index (χ3v) is 3.23. The van der Waals surface area contributed by atoms with E-state index in [2.05, 4.69) is 20.9 Å². The highest BCUT2D eigenvalue weighted by molar-refractivity contribution is 9.10. The lowest BCUT2D eigenvalue weighted by molar-refractivity contribution is -0.0121. The quantitative estimate of drug-likeness (QED) is 0.926. The van der Waals surface area contributed by atoms with E-state index in [1.54, 1.807) is 6.20 Å². The van der Waals surface area contributed by atoms with Crippen LogP contribution in [0.4, 0.5) is 0 Å². The van der Waals surface area contributed by atoms with Crippen molar-refractivity contribution in [3.8, 4) is 5.88 Å². The van der Waals surface area contributed by atoms with Gasteiger partial charge in [-0.1, -0.05) is 0 Å². The van der Waals surface area contributed by atoms with Crippen molar-refractivity contribution in [1.82, 2.24) is 4.98 Å². The van der Waals surface area contributed by atoms with Crippen molar-refractivity contribution in [3.63, 3.8) is 0 Å². The van der Waals surface area contributed by atoms with Gasteiger partial charge >= 0.3 is 0 Å². The molecular formula is C12H17BrN2O2. The summed E-state index contributed by atoms with van der Waals surface area (Å²) in [5, 5.41) is 0. The molecule has 1 fully saturated rings. The molecule has 0 bridgehead atoms. The van der Waals surface area contributed by atoms with Crippen LogP contribution in [0.25, 0.3) is 0 Å². The van der Waals surface area contributed by atoms with Crippen molar-refractivity contribution >= 4 is 15.9 Å². The summed E-state index contributed by atoms with van der Waals surface area (Å²) in [7, 11) is 0. The van der Waals surface area contributed by atoms with E-state index in [1.807, 2.05) is 6.07 Å². The van der Waals surface area contributed by atoms with Crippen LogP contribution in [0.5, 0.6) is 5.88 Å². The third-order valence-electron chi connectivity index (χ3n) is 2.79. The largest absolute Gasteiger partial charge is 0.475 e. The van der Waals surface area contributed by atoms with E-state index in [1.165, 1.54) is 6.42 Å². The second kappa shape index (κ2) is 6.33. The van der Waals surface area contributed by atoms with E-state index < -0.39 is 0 Å². The lowest BCUT2D eigenvalue weighted by atomic mass is 10.1. The van der Waals surface area contributed by atoms with Crippen LogP contribution in [0.15, 0.2) is 16.7 Å². The Morgan fingerprint density at radius 1 is 1.53 bits per heavy atom. The van der Waals surface area contributed by atoms with Crippen LogP contribution in [-0.2, 0) is 11.3 Å². The molecule has 1 aliphatic rings. The zero-order valence-corrected chi connectivity index (χ0v) is 11.3. The first-order valence-corrected chi connectivity index (χ1v) is 6.68. The number of hydrogen-bond acceptors (Lipinski definition) is 4. The number of rotatable bonds is 4. The molecule has 1 unspecified atom stereocenters. The number of aromatic nitrogens is 1. The lowest BCUT2D eigenvalue weighted by Gasteiger charge is -2.22. The first kappa shape index (κ1) is 12.8. The van der Waals surface area contributed by atoms with Crippen molar-refractivity contribution in [1.29, 1.82) is 0 Å². The monoisotopic (exact) mass is 300 g/mol.